The van der Waals surface area contributed by atoms with Crippen LogP contribution < -0.4 is 5.56 Å². The summed E-state index contributed by atoms with van der Waals surface area (Å²) in [7, 11) is 6.57. The van der Waals surface area contributed by atoms with Crippen LogP contribution >= 0.6 is 22.6 Å². The molecule has 0 aliphatic heterocycles. The Bertz CT molecular complexity index is 1120. The first-order chi connectivity index (χ1) is 13.2. The highest BCUT2D eigenvalue weighted by atomic mass is 127. The summed E-state index contributed by atoms with van der Waals surface area (Å²) in [5, 5.41) is 0.298. The normalized spacial score (nSPS) is 11.4. The van der Waals surface area contributed by atoms with Crippen molar-refractivity contribution in [2.24, 2.45) is 7.05 Å². The molecule has 0 atom stereocenters. The summed E-state index contributed by atoms with van der Waals surface area (Å²) >= 11 is 2.02. The Hall–Kier alpha value is -2.20. The number of rotatable bonds is 5. The van der Waals surface area contributed by atoms with Crippen molar-refractivity contribution >= 4 is 39.5 Å². The van der Waals surface area contributed by atoms with Gasteiger partial charge in [-0.05, 0) is 60.4 Å². The summed E-state index contributed by atoms with van der Waals surface area (Å²) in [4.78, 5) is 27.3. The molecule has 0 aliphatic carbocycles. The molecule has 2 heterocycles. The van der Waals surface area contributed by atoms with E-state index in [2.05, 4.69) is 0 Å². The lowest BCUT2D eigenvalue weighted by atomic mass is 10.0. The molecule has 0 saturated carbocycles. The van der Waals surface area contributed by atoms with Crippen LogP contribution in [0.2, 0.25) is 0 Å². The second-order valence-corrected chi connectivity index (χ2v) is 8.03. The Morgan fingerprint density at radius 3 is 2.64 bits per heavy atom. The van der Waals surface area contributed by atoms with Crippen LogP contribution in [0, 0.1) is 9.39 Å². The number of esters is 1. The molecule has 3 rings (SSSR count). The number of carbonyl (C=O) groups excluding carboxylic acids is 1. The van der Waals surface area contributed by atoms with Crippen molar-refractivity contribution in [3.63, 3.8) is 0 Å². The van der Waals surface area contributed by atoms with Gasteiger partial charge in [0, 0.05) is 22.7 Å². The summed E-state index contributed by atoms with van der Waals surface area (Å²) in [5.74, 6) is -0.477. The van der Waals surface area contributed by atoms with Crippen molar-refractivity contribution in [3.05, 3.63) is 66.6 Å². The second-order valence-electron chi connectivity index (χ2n) is 6.78. The minimum Gasteiger partial charge on any atom is -0.465 e. The largest absolute Gasteiger partial charge is 0.465 e. The number of methoxy groups -OCH3 is 1. The predicted molar refractivity (Wildman–Crippen MR) is 112 cm³/mol. The van der Waals surface area contributed by atoms with Gasteiger partial charge in [0.05, 0.1) is 19.0 Å². The number of pyridine rings is 1. The summed E-state index contributed by atoms with van der Waals surface area (Å²) in [5.41, 5.74) is 0.725. The van der Waals surface area contributed by atoms with Crippen molar-refractivity contribution in [1.29, 1.82) is 0 Å². The van der Waals surface area contributed by atoms with Gasteiger partial charge in [-0.3, -0.25) is 4.79 Å². The van der Waals surface area contributed by atoms with Gasteiger partial charge in [0.25, 0.3) is 5.56 Å². The van der Waals surface area contributed by atoms with Crippen molar-refractivity contribution in [2.75, 3.05) is 21.2 Å². The third-order valence-corrected chi connectivity index (χ3v) is 5.14. The Labute approximate surface area is 175 Å². The first-order valence-electron chi connectivity index (χ1n) is 8.54. The highest BCUT2D eigenvalue weighted by Crippen LogP contribution is 2.27. The number of benzene rings is 1. The molecule has 0 unspecified atom stereocenters. The van der Waals surface area contributed by atoms with Crippen molar-refractivity contribution in [1.82, 2.24) is 9.47 Å². The van der Waals surface area contributed by atoms with Crippen LogP contribution in [-0.2, 0) is 24.8 Å². The molecule has 0 bridgehead atoms. The van der Waals surface area contributed by atoms with E-state index >= 15 is 0 Å². The smallest absolute Gasteiger partial charge is 0.343 e. The average molecular weight is 498 g/mol. The molecule has 6 nitrogen and oxygen atoms in total. The Morgan fingerprint density at radius 1 is 1.32 bits per heavy atom. The fourth-order valence-electron chi connectivity index (χ4n) is 3.14. The van der Waals surface area contributed by atoms with Gasteiger partial charge in [-0.1, -0.05) is 6.07 Å². The van der Waals surface area contributed by atoms with E-state index in [0.717, 1.165) is 3.57 Å². The zero-order valence-corrected chi connectivity index (χ0v) is 18.2. The summed E-state index contributed by atoms with van der Waals surface area (Å²) in [6.45, 7) is 0.472. The van der Waals surface area contributed by atoms with Gasteiger partial charge in [0.15, 0.2) is 5.58 Å². The summed E-state index contributed by atoms with van der Waals surface area (Å²) < 4.78 is 27.3. The van der Waals surface area contributed by atoms with Crippen LogP contribution in [0.15, 0.2) is 33.5 Å². The predicted octanol–water partition coefficient (Wildman–Crippen LogP) is 3.31. The number of aromatic nitrogens is 1. The highest BCUT2D eigenvalue weighted by Gasteiger charge is 2.25. The van der Waals surface area contributed by atoms with E-state index in [9.17, 15) is 14.0 Å². The van der Waals surface area contributed by atoms with Crippen molar-refractivity contribution in [2.45, 2.75) is 13.0 Å². The first kappa shape index (κ1) is 20.5. The molecule has 1 aromatic carbocycles. The zero-order valence-electron chi connectivity index (χ0n) is 16.0. The average Bonchev–Trinajstić information content (AvgIpc) is 3.03. The van der Waals surface area contributed by atoms with Gasteiger partial charge in [-0.2, -0.15) is 0 Å². The Morgan fingerprint density at radius 2 is 2.04 bits per heavy atom. The van der Waals surface area contributed by atoms with E-state index in [1.54, 1.807) is 25.2 Å². The van der Waals surface area contributed by atoms with Crippen LogP contribution in [0.4, 0.5) is 4.39 Å². The van der Waals surface area contributed by atoms with Gasteiger partial charge in [0.1, 0.15) is 17.1 Å². The van der Waals surface area contributed by atoms with Gasteiger partial charge in [-0.25, -0.2) is 9.18 Å². The van der Waals surface area contributed by atoms with E-state index in [-0.39, 0.29) is 23.1 Å². The lowest BCUT2D eigenvalue weighted by molar-refractivity contribution is 0.0599. The number of ether oxygens (including phenoxy) is 1. The maximum absolute atomic E-state index is 14.4. The fraction of sp³-hybridized carbons (Fsp3) is 0.300. The highest BCUT2D eigenvalue weighted by molar-refractivity contribution is 14.1. The number of halogens is 2. The molecular formula is C20H20FIN2O4. The van der Waals surface area contributed by atoms with E-state index in [1.807, 2.05) is 41.6 Å². The summed E-state index contributed by atoms with van der Waals surface area (Å²) in [6.07, 6.45) is 0.0541. The van der Waals surface area contributed by atoms with Gasteiger partial charge >= 0.3 is 5.97 Å². The molecule has 0 spiro atoms. The Kier molecular flexibility index (Phi) is 5.90. The van der Waals surface area contributed by atoms with Crippen LogP contribution in [0.3, 0.4) is 0 Å². The zero-order chi connectivity index (χ0) is 20.6. The van der Waals surface area contributed by atoms with Crippen LogP contribution in [-0.4, -0.2) is 36.6 Å². The maximum Gasteiger partial charge on any atom is 0.343 e. The van der Waals surface area contributed by atoms with Crippen molar-refractivity contribution < 1.29 is 18.3 Å². The van der Waals surface area contributed by atoms with E-state index in [0.29, 0.717) is 28.9 Å². The number of hydrogen-bond acceptors (Lipinski definition) is 5. The first-order valence-corrected chi connectivity index (χ1v) is 9.62. The molecule has 0 radical (unpaired) electrons. The minimum absolute atomic E-state index is 0.0541. The van der Waals surface area contributed by atoms with Crippen LogP contribution in [0.1, 0.15) is 27.4 Å². The maximum atomic E-state index is 14.4. The molecule has 8 heteroatoms. The molecular weight excluding hydrogens is 478 g/mol. The topological polar surface area (TPSA) is 64.7 Å². The third kappa shape index (κ3) is 3.83. The number of carbonyl (C=O) groups is 1. The fourth-order valence-corrected chi connectivity index (χ4v) is 3.60. The van der Waals surface area contributed by atoms with E-state index in [4.69, 9.17) is 9.15 Å². The van der Waals surface area contributed by atoms with Crippen LogP contribution in [0.25, 0.3) is 11.0 Å². The van der Waals surface area contributed by atoms with Gasteiger partial charge in [0.2, 0.25) is 0 Å². The third-order valence-electron chi connectivity index (χ3n) is 4.47. The minimum atomic E-state index is -0.632. The number of furan rings is 1. The lowest BCUT2D eigenvalue weighted by Crippen LogP contribution is -2.25. The monoisotopic (exact) mass is 498 g/mol. The van der Waals surface area contributed by atoms with E-state index in [1.165, 1.54) is 17.7 Å². The SMILES string of the molecule is COC(=O)c1c(Cc2ccc(I)cc2F)n(C)c(=O)c2cc(CN(C)C)oc12. The standard InChI is InChI=1S/C20H20FIN2O4/c1-23(2)10-13-9-14-18(28-13)17(20(26)27-4)16(24(3)19(14)25)7-11-5-6-12(22)8-15(11)21/h5-6,8-9H,7,10H2,1-4H3. The van der Waals surface area contributed by atoms with Gasteiger partial charge in [-0.15, -0.1) is 0 Å². The number of hydrogen-bond donors (Lipinski definition) is 0. The molecule has 0 aliphatic rings. The molecule has 148 valence electrons. The molecule has 0 amide bonds. The molecule has 0 N–H and O–H groups in total. The molecule has 28 heavy (non-hydrogen) atoms. The quantitative estimate of drug-likeness (QED) is 0.399. The summed E-state index contributed by atoms with van der Waals surface area (Å²) in [6, 6.07) is 6.47. The molecule has 2 aromatic heterocycles. The molecule has 3 aromatic rings. The molecule has 0 fully saturated rings. The van der Waals surface area contributed by atoms with Crippen molar-refractivity contribution in [3.8, 4) is 0 Å². The number of fused-ring (bicyclic) bond motifs is 1. The lowest BCUT2D eigenvalue weighted by Gasteiger charge is -2.14. The number of nitrogens with zero attached hydrogens (tertiary/aromatic N) is 2. The molecule has 0 saturated heterocycles. The van der Waals surface area contributed by atoms with Gasteiger partial charge < -0.3 is 18.6 Å². The second kappa shape index (κ2) is 8.04. The Balaban J connectivity index is 2.27. The van der Waals surface area contributed by atoms with Crippen LogP contribution in [0.5, 0.6) is 0 Å². The van der Waals surface area contributed by atoms with E-state index < -0.39 is 11.8 Å².